The molecule has 0 spiro atoms. The Labute approximate surface area is 97.8 Å². The molecule has 0 radical (unpaired) electrons. The second-order valence-electron chi connectivity index (χ2n) is 4.69. The molecular formula is C12H13BrO2. The molecule has 0 aromatic heterocycles. The molecule has 0 bridgehead atoms. The SMILES string of the molecule is CC1(C)COc2ccc(Br)cc2C(=O)C1. The normalized spacial score (nSPS) is 19.0. The number of hydrogen-bond acceptors (Lipinski definition) is 2. The minimum absolute atomic E-state index is 0.0808. The Hall–Kier alpha value is -0.830. The van der Waals surface area contributed by atoms with E-state index in [0.29, 0.717) is 24.3 Å². The first-order chi connectivity index (χ1) is 6.98. The van der Waals surface area contributed by atoms with Gasteiger partial charge in [0.15, 0.2) is 5.78 Å². The highest BCUT2D eigenvalue weighted by molar-refractivity contribution is 9.10. The number of benzene rings is 1. The largest absolute Gasteiger partial charge is 0.492 e. The predicted octanol–water partition coefficient (Wildman–Crippen LogP) is 3.44. The van der Waals surface area contributed by atoms with Crippen LogP contribution in [0.2, 0.25) is 0 Å². The van der Waals surface area contributed by atoms with Crippen molar-refractivity contribution >= 4 is 21.7 Å². The fourth-order valence-corrected chi connectivity index (χ4v) is 2.06. The highest BCUT2D eigenvalue weighted by Crippen LogP contribution is 2.33. The maximum atomic E-state index is 12.0. The third-order valence-electron chi connectivity index (χ3n) is 2.50. The summed E-state index contributed by atoms with van der Waals surface area (Å²) in [4.78, 5) is 12.0. The molecule has 1 aliphatic rings. The number of carbonyl (C=O) groups excluding carboxylic acids is 1. The minimum Gasteiger partial charge on any atom is -0.492 e. The monoisotopic (exact) mass is 268 g/mol. The smallest absolute Gasteiger partial charge is 0.167 e. The van der Waals surface area contributed by atoms with Crippen molar-refractivity contribution in [3.8, 4) is 5.75 Å². The zero-order valence-corrected chi connectivity index (χ0v) is 10.4. The number of hydrogen-bond donors (Lipinski definition) is 0. The van der Waals surface area contributed by atoms with Crippen LogP contribution in [0.1, 0.15) is 30.6 Å². The Bertz CT molecular complexity index is 410. The molecular weight excluding hydrogens is 256 g/mol. The van der Waals surface area contributed by atoms with Crippen molar-refractivity contribution in [2.24, 2.45) is 5.41 Å². The molecule has 0 amide bonds. The Morgan fingerprint density at radius 3 is 2.87 bits per heavy atom. The molecule has 1 aromatic rings. The number of halogens is 1. The average molecular weight is 269 g/mol. The molecule has 0 unspecified atom stereocenters. The van der Waals surface area contributed by atoms with Gasteiger partial charge in [0, 0.05) is 16.3 Å². The summed E-state index contributed by atoms with van der Waals surface area (Å²) in [7, 11) is 0. The molecule has 1 heterocycles. The molecule has 0 saturated heterocycles. The Balaban J connectivity index is 2.44. The molecule has 80 valence electrons. The van der Waals surface area contributed by atoms with E-state index in [1.54, 1.807) is 0 Å². The molecule has 15 heavy (non-hydrogen) atoms. The lowest BCUT2D eigenvalue weighted by Gasteiger charge is -2.19. The number of ether oxygens (including phenoxy) is 1. The van der Waals surface area contributed by atoms with Gasteiger partial charge in [-0.25, -0.2) is 0 Å². The quantitative estimate of drug-likeness (QED) is 0.721. The summed E-state index contributed by atoms with van der Waals surface area (Å²) < 4.78 is 6.56. The van der Waals surface area contributed by atoms with E-state index >= 15 is 0 Å². The highest BCUT2D eigenvalue weighted by Gasteiger charge is 2.29. The van der Waals surface area contributed by atoms with Crippen LogP contribution in [0.5, 0.6) is 5.75 Å². The summed E-state index contributed by atoms with van der Waals surface area (Å²) >= 11 is 3.36. The topological polar surface area (TPSA) is 26.3 Å². The van der Waals surface area contributed by atoms with Crippen molar-refractivity contribution < 1.29 is 9.53 Å². The summed E-state index contributed by atoms with van der Waals surface area (Å²) in [5, 5.41) is 0. The zero-order valence-electron chi connectivity index (χ0n) is 8.84. The molecule has 1 aromatic carbocycles. The van der Waals surface area contributed by atoms with E-state index < -0.39 is 0 Å². The third-order valence-corrected chi connectivity index (χ3v) is 2.99. The van der Waals surface area contributed by atoms with Crippen LogP contribution in [-0.2, 0) is 0 Å². The van der Waals surface area contributed by atoms with Crippen LogP contribution in [0, 0.1) is 5.41 Å². The van der Waals surface area contributed by atoms with Crippen LogP contribution in [0.4, 0.5) is 0 Å². The van der Waals surface area contributed by atoms with E-state index in [1.807, 2.05) is 32.0 Å². The second-order valence-corrected chi connectivity index (χ2v) is 5.61. The van der Waals surface area contributed by atoms with E-state index in [4.69, 9.17) is 4.74 Å². The van der Waals surface area contributed by atoms with Gasteiger partial charge >= 0.3 is 0 Å². The van der Waals surface area contributed by atoms with Crippen molar-refractivity contribution in [3.63, 3.8) is 0 Å². The van der Waals surface area contributed by atoms with Crippen LogP contribution in [-0.4, -0.2) is 12.4 Å². The van der Waals surface area contributed by atoms with Gasteiger partial charge in [0.2, 0.25) is 0 Å². The lowest BCUT2D eigenvalue weighted by Crippen LogP contribution is -2.21. The summed E-state index contributed by atoms with van der Waals surface area (Å²) in [5.41, 5.74) is 0.609. The van der Waals surface area contributed by atoms with Crippen LogP contribution < -0.4 is 4.74 Å². The average Bonchev–Trinajstić information content (AvgIpc) is 2.24. The lowest BCUT2D eigenvalue weighted by molar-refractivity contribution is 0.0918. The van der Waals surface area contributed by atoms with E-state index in [1.165, 1.54) is 0 Å². The van der Waals surface area contributed by atoms with Gasteiger partial charge < -0.3 is 4.74 Å². The van der Waals surface area contributed by atoms with Crippen LogP contribution in [0.15, 0.2) is 22.7 Å². The maximum Gasteiger partial charge on any atom is 0.167 e. The van der Waals surface area contributed by atoms with Gasteiger partial charge in [-0.3, -0.25) is 4.79 Å². The molecule has 0 N–H and O–H groups in total. The fourth-order valence-electron chi connectivity index (χ4n) is 1.70. The van der Waals surface area contributed by atoms with Gasteiger partial charge in [-0.2, -0.15) is 0 Å². The summed E-state index contributed by atoms with van der Waals surface area (Å²) in [6.07, 6.45) is 0.538. The minimum atomic E-state index is -0.0808. The highest BCUT2D eigenvalue weighted by atomic mass is 79.9. The standard InChI is InChI=1S/C12H13BrO2/c1-12(2)6-10(14)9-5-8(13)3-4-11(9)15-7-12/h3-5H,6-7H2,1-2H3. The van der Waals surface area contributed by atoms with Crippen molar-refractivity contribution in [2.45, 2.75) is 20.3 Å². The van der Waals surface area contributed by atoms with E-state index in [9.17, 15) is 4.79 Å². The Morgan fingerprint density at radius 2 is 2.13 bits per heavy atom. The van der Waals surface area contributed by atoms with Gasteiger partial charge in [-0.15, -0.1) is 0 Å². The lowest BCUT2D eigenvalue weighted by atomic mass is 9.87. The molecule has 0 atom stereocenters. The first kappa shape index (κ1) is 10.7. The summed E-state index contributed by atoms with van der Waals surface area (Å²) in [5.74, 6) is 0.863. The molecule has 2 rings (SSSR count). The Kier molecular flexibility index (Phi) is 2.59. The van der Waals surface area contributed by atoms with Gasteiger partial charge in [0.25, 0.3) is 0 Å². The number of ketones is 1. The fraction of sp³-hybridized carbons (Fsp3) is 0.417. The first-order valence-electron chi connectivity index (χ1n) is 4.93. The number of rotatable bonds is 0. The first-order valence-corrected chi connectivity index (χ1v) is 5.73. The van der Waals surface area contributed by atoms with Gasteiger partial charge in [-0.1, -0.05) is 29.8 Å². The molecule has 2 nitrogen and oxygen atoms in total. The second kappa shape index (κ2) is 3.63. The van der Waals surface area contributed by atoms with Crippen LogP contribution in [0.3, 0.4) is 0 Å². The number of fused-ring (bicyclic) bond motifs is 1. The van der Waals surface area contributed by atoms with Gasteiger partial charge in [0.05, 0.1) is 12.2 Å². The third kappa shape index (κ3) is 2.23. The van der Waals surface area contributed by atoms with Crippen LogP contribution >= 0.6 is 15.9 Å². The van der Waals surface area contributed by atoms with E-state index in [2.05, 4.69) is 15.9 Å². The molecule has 1 aliphatic heterocycles. The zero-order chi connectivity index (χ0) is 11.1. The number of carbonyl (C=O) groups is 1. The van der Waals surface area contributed by atoms with Crippen LogP contribution in [0.25, 0.3) is 0 Å². The molecule has 3 heteroatoms. The molecule has 0 aliphatic carbocycles. The van der Waals surface area contributed by atoms with E-state index in [-0.39, 0.29) is 11.2 Å². The molecule has 0 fully saturated rings. The van der Waals surface area contributed by atoms with Crippen molar-refractivity contribution in [1.82, 2.24) is 0 Å². The van der Waals surface area contributed by atoms with Crippen molar-refractivity contribution in [3.05, 3.63) is 28.2 Å². The van der Waals surface area contributed by atoms with Gasteiger partial charge in [0.1, 0.15) is 5.75 Å². The number of Topliss-reactive ketones (excluding diaryl/α,β-unsaturated/α-hetero) is 1. The molecule has 0 saturated carbocycles. The summed E-state index contributed by atoms with van der Waals surface area (Å²) in [6, 6.07) is 5.57. The van der Waals surface area contributed by atoms with Gasteiger partial charge in [-0.05, 0) is 18.2 Å². The predicted molar refractivity (Wildman–Crippen MR) is 62.4 cm³/mol. The van der Waals surface area contributed by atoms with Crippen molar-refractivity contribution in [2.75, 3.05) is 6.61 Å². The van der Waals surface area contributed by atoms with E-state index in [0.717, 1.165) is 4.47 Å². The van der Waals surface area contributed by atoms with Crippen molar-refractivity contribution in [1.29, 1.82) is 0 Å². The summed E-state index contributed by atoms with van der Waals surface area (Å²) in [6.45, 7) is 4.69. The Morgan fingerprint density at radius 1 is 1.40 bits per heavy atom. The maximum absolute atomic E-state index is 12.0.